The number of carbonyl (C=O) groups excluding carboxylic acids is 1. The standard InChI is InChI=1S/C16H21N5OS/c22-15(19-16-18-13-4-1-2-5-14(13)23-16)11-20-9-6-12(10-20)21-8-3-7-17-21/h3,7-8,12H,1-2,4-6,9-11H2,(H,18,19,22). The van der Waals surface area contributed by atoms with Crippen LogP contribution in [0.15, 0.2) is 18.5 Å². The number of nitrogens with zero attached hydrogens (tertiary/aromatic N) is 4. The first-order valence-electron chi connectivity index (χ1n) is 8.28. The number of aryl methyl sites for hydroxylation is 2. The van der Waals surface area contributed by atoms with Gasteiger partial charge < -0.3 is 5.32 Å². The van der Waals surface area contributed by atoms with Gasteiger partial charge in [-0.05, 0) is 38.2 Å². The Morgan fingerprint density at radius 3 is 3.13 bits per heavy atom. The van der Waals surface area contributed by atoms with Crippen molar-refractivity contribution in [3.8, 4) is 0 Å². The number of hydrogen-bond donors (Lipinski definition) is 1. The van der Waals surface area contributed by atoms with Crippen LogP contribution >= 0.6 is 11.3 Å². The van der Waals surface area contributed by atoms with E-state index in [0.29, 0.717) is 12.6 Å². The van der Waals surface area contributed by atoms with Crippen molar-refractivity contribution < 1.29 is 4.79 Å². The van der Waals surface area contributed by atoms with Gasteiger partial charge in [-0.3, -0.25) is 14.4 Å². The maximum atomic E-state index is 12.3. The number of thiazole rings is 1. The molecule has 1 aliphatic heterocycles. The van der Waals surface area contributed by atoms with Crippen molar-refractivity contribution in [2.75, 3.05) is 25.0 Å². The molecule has 0 spiro atoms. The van der Waals surface area contributed by atoms with Crippen molar-refractivity contribution in [1.82, 2.24) is 19.7 Å². The van der Waals surface area contributed by atoms with E-state index in [1.807, 2.05) is 16.9 Å². The van der Waals surface area contributed by atoms with E-state index in [-0.39, 0.29) is 5.91 Å². The molecule has 1 unspecified atom stereocenters. The van der Waals surface area contributed by atoms with Crippen molar-refractivity contribution in [2.45, 2.75) is 38.1 Å². The summed E-state index contributed by atoms with van der Waals surface area (Å²) in [5.41, 5.74) is 1.19. The summed E-state index contributed by atoms with van der Waals surface area (Å²) in [5.74, 6) is 0.0391. The Balaban J connectivity index is 1.31. The van der Waals surface area contributed by atoms with Crippen molar-refractivity contribution in [3.05, 3.63) is 29.0 Å². The van der Waals surface area contributed by atoms with E-state index < -0.39 is 0 Å². The molecule has 1 aliphatic carbocycles. The fourth-order valence-corrected chi connectivity index (χ4v) is 4.50. The monoisotopic (exact) mass is 331 g/mol. The lowest BCUT2D eigenvalue weighted by Crippen LogP contribution is -2.31. The molecule has 0 saturated carbocycles. The zero-order valence-corrected chi connectivity index (χ0v) is 13.9. The summed E-state index contributed by atoms with van der Waals surface area (Å²) >= 11 is 1.64. The van der Waals surface area contributed by atoms with Gasteiger partial charge in [-0.15, -0.1) is 11.3 Å². The third kappa shape index (κ3) is 3.30. The van der Waals surface area contributed by atoms with Gasteiger partial charge in [0.25, 0.3) is 0 Å². The molecule has 7 heteroatoms. The topological polar surface area (TPSA) is 63.1 Å². The minimum absolute atomic E-state index is 0.0391. The Hall–Kier alpha value is -1.73. The molecular formula is C16H21N5OS. The Labute approximate surface area is 139 Å². The van der Waals surface area contributed by atoms with Gasteiger partial charge in [0.2, 0.25) is 5.91 Å². The summed E-state index contributed by atoms with van der Waals surface area (Å²) < 4.78 is 1.99. The van der Waals surface area contributed by atoms with E-state index in [4.69, 9.17) is 0 Å². The number of carbonyl (C=O) groups is 1. The number of rotatable bonds is 4. The number of fused-ring (bicyclic) bond motifs is 1. The van der Waals surface area contributed by atoms with Gasteiger partial charge in [-0.1, -0.05) is 0 Å². The summed E-state index contributed by atoms with van der Waals surface area (Å²) in [6.07, 6.45) is 9.46. The molecule has 3 heterocycles. The molecule has 6 nitrogen and oxygen atoms in total. The molecule has 1 N–H and O–H groups in total. The second-order valence-electron chi connectivity index (χ2n) is 6.31. The van der Waals surface area contributed by atoms with Crippen LogP contribution in [0.2, 0.25) is 0 Å². The molecule has 1 fully saturated rings. The molecule has 23 heavy (non-hydrogen) atoms. The Bertz CT molecular complexity index is 657. The second-order valence-corrected chi connectivity index (χ2v) is 7.39. The number of amides is 1. The predicted octanol–water partition coefficient (Wildman–Crippen LogP) is 2.10. The zero-order valence-electron chi connectivity index (χ0n) is 13.1. The van der Waals surface area contributed by atoms with Crippen LogP contribution in [0.4, 0.5) is 5.13 Å². The Kier molecular flexibility index (Phi) is 4.13. The molecule has 0 bridgehead atoms. The van der Waals surface area contributed by atoms with Gasteiger partial charge in [-0.2, -0.15) is 5.10 Å². The van der Waals surface area contributed by atoms with Gasteiger partial charge in [0.15, 0.2) is 5.13 Å². The average molecular weight is 331 g/mol. The molecule has 0 radical (unpaired) electrons. The Morgan fingerprint density at radius 2 is 2.30 bits per heavy atom. The van der Waals surface area contributed by atoms with Gasteiger partial charge >= 0.3 is 0 Å². The Morgan fingerprint density at radius 1 is 1.39 bits per heavy atom. The molecule has 122 valence electrons. The van der Waals surface area contributed by atoms with Gasteiger partial charge in [0.1, 0.15) is 0 Å². The van der Waals surface area contributed by atoms with Crippen LogP contribution in [0.3, 0.4) is 0 Å². The van der Waals surface area contributed by atoms with E-state index in [2.05, 4.69) is 20.3 Å². The van der Waals surface area contributed by atoms with E-state index in [0.717, 1.165) is 37.5 Å². The first-order valence-corrected chi connectivity index (χ1v) is 9.09. The summed E-state index contributed by atoms with van der Waals surface area (Å²) in [5, 5.41) is 8.05. The van der Waals surface area contributed by atoms with Gasteiger partial charge in [0.05, 0.1) is 18.3 Å². The number of hydrogen-bond acceptors (Lipinski definition) is 5. The summed E-state index contributed by atoms with van der Waals surface area (Å²) in [7, 11) is 0. The quantitative estimate of drug-likeness (QED) is 0.932. The first-order chi connectivity index (χ1) is 11.3. The summed E-state index contributed by atoms with van der Waals surface area (Å²) in [6.45, 7) is 2.25. The smallest absolute Gasteiger partial charge is 0.240 e. The van der Waals surface area contributed by atoms with E-state index >= 15 is 0 Å². The highest BCUT2D eigenvalue weighted by molar-refractivity contribution is 7.15. The minimum atomic E-state index is 0.0391. The lowest BCUT2D eigenvalue weighted by molar-refractivity contribution is -0.117. The number of likely N-dealkylation sites (tertiary alicyclic amines) is 1. The SMILES string of the molecule is O=C(CN1CCC(n2cccn2)C1)Nc1nc2c(s1)CCCC2. The predicted molar refractivity (Wildman–Crippen MR) is 89.7 cm³/mol. The average Bonchev–Trinajstić information content (AvgIpc) is 3.26. The van der Waals surface area contributed by atoms with Crippen LogP contribution in [0.25, 0.3) is 0 Å². The molecular weight excluding hydrogens is 310 g/mol. The number of anilines is 1. The van der Waals surface area contributed by atoms with Crippen LogP contribution in [0.1, 0.15) is 35.9 Å². The minimum Gasteiger partial charge on any atom is -0.301 e. The molecule has 1 saturated heterocycles. The van der Waals surface area contributed by atoms with Crippen LogP contribution < -0.4 is 5.32 Å². The second kappa shape index (κ2) is 6.41. The van der Waals surface area contributed by atoms with Crippen molar-refractivity contribution in [3.63, 3.8) is 0 Å². The lowest BCUT2D eigenvalue weighted by Gasteiger charge is -2.15. The molecule has 1 amide bonds. The van der Waals surface area contributed by atoms with Crippen LogP contribution in [0.5, 0.6) is 0 Å². The van der Waals surface area contributed by atoms with Crippen LogP contribution in [-0.4, -0.2) is 45.2 Å². The van der Waals surface area contributed by atoms with E-state index in [9.17, 15) is 4.79 Å². The normalized spacial score (nSPS) is 21.3. The lowest BCUT2D eigenvalue weighted by atomic mass is 10.0. The highest BCUT2D eigenvalue weighted by atomic mass is 32.1. The van der Waals surface area contributed by atoms with Crippen molar-refractivity contribution in [2.24, 2.45) is 0 Å². The molecule has 0 aromatic carbocycles. The maximum absolute atomic E-state index is 12.3. The highest BCUT2D eigenvalue weighted by Gasteiger charge is 2.26. The largest absolute Gasteiger partial charge is 0.301 e. The number of aromatic nitrogens is 3. The molecule has 2 aliphatic rings. The molecule has 2 aromatic rings. The summed E-state index contributed by atoms with van der Waals surface area (Å²) in [6, 6.07) is 2.32. The first kappa shape index (κ1) is 14.8. The van der Waals surface area contributed by atoms with E-state index in [1.54, 1.807) is 17.5 Å². The molecule has 4 rings (SSSR count). The highest BCUT2D eigenvalue weighted by Crippen LogP contribution is 2.29. The van der Waals surface area contributed by atoms with Gasteiger partial charge in [0, 0.05) is 30.4 Å². The fourth-order valence-electron chi connectivity index (χ4n) is 3.44. The number of nitrogens with one attached hydrogen (secondary N) is 1. The van der Waals surface area contributed by atoms with Crippen molar-refractivity contribution in [1.29, 1.82) is 0 Å². The molecule has 2 aromatic heterocycles. The summed E-state index contributed by atoms with van der Waals surface area (Å²) in [4.78, 5) is 20.4. The third-order valence-electron chi connectivity index (χ3n) is 4.61. The van der Waals surface area contributed by atoms with Crippen LogP contribution in [-0.2, 0) is 17.6 Å². The van der Waals surface area contributed by atoms with Crippen LogP contribution in [0, 0.1) is 0 Å². The van der Waals surface area contributed by atoms with E-state index in [1.165, 1.54) is 23.4 Å². The fraction of sp³-hybridized carbons (Fsp3) is 0.562. The maximum Gasteiger partial charge on any atom is 0.240 e. The van der Waals surface area contributed by atoms with Gasteiger partial charge in [-0.25, -0.2) is 4.98 Å². The molecule has 1 atom stereocenters. The zero-order chi connectivity index (χ0) is 15.6. The third-order valence-corrected chi connectivity index (χ3v) is 5.68. The van der Waals surface area contributed by atoms with Crippen molar-refractivity contribution >= 4 is 22.4 Å².